The fourth-order valence-electron chi connectivity index (χ4n) is 1.76. The number of aryl methyl sites for hydroxylation is 1. The highest BCUT2D eigenvalue weighted by Gasteiger charge is 2.19. The Hall–Kier alpha value is -1.33. The van der Waals surface area contributed by atoms with Crippen molar-refractivity contribution in [2.75, 3.05) is 6.61 Å². The number of nitrogens with two attached hydrogens (primary N) is 1. The largest absolute Gasteiger partial charge is 0.501 e. The van der Waals surface area contributed by atoms with Crippen LogP contribution in [-0.4, -0.2) is 16.2 Å². The normalized spacial score (nSPS) is 18.1. The van der Waals surface area contributed by atoms with Crippen LogP contribution in [0, 0.1) is 0 Å². The summed E-state index contributed by atoms with van der Waals surface area (Å²) in [6.07, 6.45) is 7.56. The molecule has 1 unspecified atom stereocenters. The van der Waals surface area contributed by atoms with Gasteiger partial charge in [-0.3, -0.25) is 5.84 Å². The Kier molecular flexibility index (Phi) is 3.03. The van der Waals surface area contributed by atoms with Crippen LogP contribution in [0.4, 0.5) is 0 Å². The highest BCUT2D eigenvalue weighted by molar-refractivity contribution is 5.20. The van der Waals surface area contributed by atoms with Gasteiger partial charge in [0.1, 0.15) is 0 Å². The highest BCUT2D eigenvalue weighted by atomic mass is 16.5. The highest BCUT2D eigenvalue weighted by Crippen LogP contribution is 2.25. The second kappa shape index (κ2) is 4.46. The van der Waals surface area contributed by atoms with Gasteiger partial charge in [-0.05, 0) is 18.4 Å². The first-order valence-electron chi connectivity index (χ1n) is 5.06. The molecule has 0 saturated heterocycles. The smallest absolute Gasteiger partial charge is 0.0947 e. The lowest BCUT2D eigenvalue weighted by atomic mass is 10.0. The van der Waals surface area contributed by atoms with Gasteiger partial charge >= 0.3 is 0 Å². The van der Waals surface area contributed by atoms with Gasteiger partial charge in [-0.1, -0.05) is 0 Å². The van der Waals surface area contributed by atoms with E-state index < -0.39 is 0 Å². The molecule has 15 heavy (non-hydrogen) atoms. The maximum atomic E-state index is 5.55. The zero-order valence-electron chi connectivity index (χ0n) is 8.81. The predicted molar refractivity (Wildman–Crippen MR) is 56.5 cm³/mol. The summed E-state index contributed by atoms with van der Waals surface area (Å²) in [7, 11) is 1.94. The average molecular weight is 208 g/mol. The molecule has 3 N–H and O–H groups in total. The van der Waals surface area contributed by atoms with Gasteiger partial charge in [-0.25, -0.2) is 10.4 Å². The molecule has 0 spiro atoms. The summed E-state index contributed by atoms with van der Waals surface area (Å²) in [5.74, 6) is 5.55. The summed E-state index contributed by atoms with van der Waals surface area (Å²) in [5.41, 5.74) is 4.86. The van der Waals surface area contributed by atoms with Crippen molar-refractivity contribution >= 4 is 0 Å². The average Bonchev–Trinajstić information content (AvgIpc) is 2.68. The third-order valence-corrected chi connectivity index (χ3v) is 2.52. The van der Waals surface area contributed by atoms with E-state index in [1.54, 1.807) is 12.6 Å². The van der Waals surface area contributed by atoms with Crippen molar-refractivity contribution in [3.05, 3.63) is 30.1 Å². The maximum absolute atomic E-state index is 5.55. The van der Waals surface area contributed by atoms with E-state index in [0.29, 0.717) is 0 Å². The minimum atomic E-state index is -0.0356. The van der Waals surface area contributed by atoms with E-state index in [2.05, 4.69) is 10.4 Å². The van der Waals surface area contributed by atoms with Gasteiger partial charge in [0.25, 0.3) is 0 Å². The summed E-state index contributed by atoms with van der Waals surface area (Å²) in [6.45, 7) is 0.795. The Balaban J connectivity index is 2.19. The second-order valence-electron chi connectivity index (χ2n) is 3.73. The lowest BCUT2D eigenvalue weighted by Gasteiger charge is -2.20. The SMILES string of the molecule is Cn1cnc(C(NN)C2=COCCC2)c1. The monoisotopic (exact) mass is 208 g/mol. The van der Waals surface area contributed by atoms with Crippen LogP contribution in [0.2, 0.25) is 0 Å². The summed E-state index contributed by atoms with van der Waals surface area (Å²) >= 11 is 0. The first kappa shape index (κ1) is 10.2. The van der Waals surface area contributed by atoms with Crippen LogP contribution in [0.3, 0.4) is 0 Å². The van der Waals surface area contributed by atoms with E-state index in [0.717, 1.165) is 30.7 Å². The molecule has 0 saturated carbocycles. The van der Waals surface area contributed by atoms with Crippen LogP contribution in [0.1, 0.15) is 24.6 Å². The Morgan fingerprint density at radius 3 is 3.07 bits per heavy atom. The van der Waals surface area contributed by atoms with Crippen molar-refractivity contribution in [1.29, 1.82) is 0 Å². The van der Waals surface area contributed by atoms with E-state index in [-0.39, 0.29) is 6.04 Å². The molecule has 82 valence electrons. The molecular weight excluding hydrogens is 192 g/mol. The van der Waals surface area contributed by atoms with Crippen LogP contribution >= 0.6 is 0 Å². The Labute approximate surface area is 88.9 Å². The minimum absolute atomic E-state index is 0.0356. The number of hydrogen-bond acceptors (Lipinski definition) is 4. The molecule has 2 heterocycles. The number of rotatable bonds is 3. The van der Waals surface area contributed by atoms with Crippen molar-refractivity contribution in [3.8, 4) is 0 Å². The number of ether oxygens (including phenoxy) is 1. The number of imidazole rings is 1. The fourth-order valence-corrected chi connectivity index (χ4v) is 1.76. The van der Waals surface area contributed by atoms with E-state index >= 15 is 0 Å². The van der Waals surface area contributed by atoms with Crippen LogP contribution in [-0.2, 0) is 11.8 Å². The Morgan fingerprint density at radius 1 is 1.67 bits per heavy atom. The molecule has 1 aliphatic rings. The van der Waals surface area contributed by atoms with Gasteiger partial charge in [0.15, 0.2) is 0 Å². The van der Waals surface area contributed by atoms with Crippen molar-refractivity contribution in [2.24, 2.45) is 12.9 Å². The van der Waals surface area contributed by atoms with Crippen LogP contribution < -0.4 is 11.3 Å². The third-order valence-electron chi connectivity index (χ3n) is 2.52. The number of nitrogens with one attached hydrogen (secondary N) is 1. The molecule has 1 aliphatic heterocycles. The zero-order valence-corrected chi connectivity index (χ0v) is 8.81. The van der Waals surface area contributed by atoms with Gasteiger partial charge in [-0.2, -0.15) is 0 Å². The first-order valence-corrected chi connectivity index (χ1v) is 5.06. The van der Waals surface area contributed by atoms with Crippen molar-refractivity contribution in [3.63, 3.8) is 0 Å². The number of aromatic nitrogens is 2. The molecule has 0 fully saturated rings. The van der Waals surface area contributed by atoms with Crippen molar-refractivity contribution in [1.82, 2.24) is 15.0 Å². The summed E-state index contributed by atoms with van der Waals surface area (Å²) in [5, 5.41) is 0. The van der Waals surface area contributed by atoms with Crippen LogP contribution in [0.25, 0.3) is 0 Å². The van der Waals surface area contributed by atoms with Gasteiger partial charge < -0.3 is 9.30 Å². The predicted octanol–water partition coefficient (Wildman–Crippen LogP) is 0.619. The Bertz CT molecular complexity index is 358. The molecule has 0 amide bonds. The minimum Gasteiger partial charge on any atom is -0.501 e. The third kappa shape index (κ3) is 2.19. The molecule has 1 atom stereocenters. The van der Waals surface area contributed by atoms with Crippen molar-refractivity contribution < 1.29 is 4.74 Å². The Morgan fingerprint density at radius 2 is 2.53 bits per heavy atom. The molecule has 0 bridgehead atoms. The van der Waals surface area contributed by atoms with E-state index in [1.807, 2.05) is 17.8 Å². The summed E-state index contributed by atoms with van der Waals surface area (Å²) < 4.78 is 7.21. The summed E-state index contributed by atoms with van der Waals surface area (Å²) in [4.78, 5) is 4.29. The van der Waals surface area contributed by atoms with E-state index in [4.69, 9.17) is 10.6 Å². The quantitative estimate of drug-likeness (QED) is 0.564. The van der Waals surface area contributed by atoms with Gasteiger partial charge in [0, 0.05) is 13.2 Å². The van der Waals surface area contributed by atoms with Gasteiger partial charge in [0.2, 0.25) is 0 Å². The molecule has 5 heteroatoms. The maximum Gasteiger partial charge on any atom is 0.0947 e. The molecule has 1 aromatic rings. The first-order chi connectivity index (χ1) is 7.31. The topological polar surface area (TPSA) is 65.1 Å². The lowest BCUT2D eigenvalue weighted by molar-refractivity contribution is 0.219. The molecule has 0 aliphatic carbocycles. The van der Waals surface area contributed by atoms with Gasteiger partial charge in [0.05, 0.1) is 30.9 Å². The van der Waals surface area contributed by atoms with E-state index in [9.17, 15) is 0 Å². The number of hydrazine groups is 1. The molecule has 0 radical (unpaired) electrons. The fraction of sp³-hybridized carbons (Fsp3) is 0.500. The molecule has 0 aromatic carbocycles. The van der Waals surface area contributed by atoms with Gasteiger partial charge in [-0.15, -0.1) is 0 Å². The molecule has 1 aromatic heterocycles. The molecular formula is C10H16N4O. The lowest BCUT2D eigenvalue weighted by Crippen LogP contribution is -2.30. The van der Waals surface area contributed by atoms with Crippen LogP contribution in [0.15, 0.2) is 24.4 Å². The molecule has 5 nitrogen and oxygen atoms in total. The van der Waals surface area contributed by atoms with Crippen LogP contribution in [0.5, 0.6) is 0 Å². The molecule has 2 rings (SSSR count). The summed E-state index contributed by atoms with van der Waals surface area (Å²) in [6, 6.07) is -0.0356. The van der Waals surface area contributed by atoms with E-state index in [1.165, 1.54) is 0 Å². The zero-order chi connectivity index (χ0) is 10.7. The number of nitrogens with zero attached hydrogens (tertiary/aromatic N) is 2. The second-order valence-corrected chi connectivity index (χ2v) is 3.73. The van der Waals surface area contributed by atoms with Crippen molar-refractivity contribution in [2.45, 2.75) is 18.9 Å². The standard InChI is InChI=1S/C10H16N4O/c1-14-5-9(12-7-14)10(13-11)8-3-2-4-15-6-8/h5-7,10,13H,2-4,11H2,1H3. The number of hydrogen-bond donors (Lipinski definition) is 2.